The molecule has 0 aliphatic carbocycles. The molecular formula is C18H34N4O6S. The van der Waals surface area contributed by atoms with Crippen molar-refractivity contribution < 1.29 is 29.4 Å². The summed E-state index contributed by atoms with van der Waals surface area (Å²) < 4.78 is 0. The van der Waals surface area contributed by atoms with E-state index < -0.39 is 54.0 Å². The molecule has 0 aliphatic rings. The zero-order valence-corrected chi connectivity index (χ0v) is 18.4. The number of aliphatic carboxylic acids is 1. The Morgan fingerprint density at radius 2 is 1.59 bits per heavy atom. The third-order valence-electron chi connectivity index (χ3n) is 4.60. The summed E-state index contributed by atoms with van der Waals surface area (Å²) in [5.74, 6) is -2.73. The van der Waals surface area contributed by atoms with Crippen LogP contribution < -0.4 is 21.7 Å². The van der Waals surface area contributed by atoms with Crippen molar-refractivity contribution in [2.75, 3.05) is 12.0 Å². The Bertz CT molecular complexity index is 575. The highest BCUT2D eigenvalue weighted by Gasteiger charge is 2.32. The summed E-state index contributed by atoms with van der Waals surface area (Å²) in [6.45, 7) is 6.29. The number of hydrogen-bond acceptors (Lipinski definition) is 7. The summed E-state index contributed by atoms with van der Waals surface area (Å²) in [5, 5.41) is 26.0. The first kappa shape index (κ1) is 27.1. The minimum Gasteiger partial charge on any atom is -0.480 e. The highest BCUT2D eigenvalue weighted by Crippen LogP contribution is 2.08. The molecule has 0 aromatic rings. The molecule has 6 atom stereocenters. The van der Waals surface area contributed by atoms with Gasteiger partial charge >= 0.3 is 5.97 Å². The van der Waals surface area contributed by atoms with Crippen molar-refractivity contribution in [3.05, 3.63) is 0 Å². The minimum absolute atomic E-state index is 0.0762. The van der Waals surface area contributed by atoms with Gasteiger partial charge in [-0.25, -0.2) is 0 Å². The Labute approximate surface area is 175 Å². The number of nitrogens with two attached hydrogens (primary N) is 1. The van der Waals surface area contributed by atoms with Gasteiger partial charge in [0.15, 0.2) is 0 Å². The number of carboxylic acids is 1. The topological polar surface area (TPSA) is 171 Å². The minimum atomic E-state index is -1.37. The van der Waals surface area contributed by atoms with Crippen LogP contribution in [0, 0.1) is 5.92 Å². The molecular weight excluding hydrogens is 400 g/mol. The number of aliphatic hydroxyl groups excluding tert-OH is 1. The number of carbonyl (C=O) groups excluding carboxylic acids is 3. The Hall–Kier alpha value is -1.85. The smallest absolute Gasteiger partial charge is 0.325 e. The van der Waals surface area contributed by atoms with Gasteiger partial charge in [-0.1, -0.05) is 20.3 Å². The number of carbonyl (C=O) groups is 4. The Morgan fingerprint density at radius 3 is 2.03 bits per heavy atom. The molecule has 0 saturated heterocycles. The molecule has 3 amide bonds. The quantitative estimate of drug-likeness (QED) is 0.215. The van der Waals surface area contributed by atoms with E-state index in [1.807, 2.05) is 20.1 Å². The molecule has 7 N–H and O–H groups in total. The van der Waals surface area contributed by atoms with Crippen LogP contribution >= 0.6 is 11.8 Å². The number of carboxylic acid groups (broad SMARTS) is 1. The molecule has 0 rings (SSSR count). The first-order valence-electron chi connectivity index (χ1n) is 9.52. The van der Waals surface area contributed by atoms with E-state index in [-0.39, 0.29) is 5.92 Å². The molecule has 0 aromatic heterocycles. The average molecular weight is 435 g/mol. The molecule has 29 heavy (non-hydrogen) atoms. The Balaban J connectivity index is 5.26. The highest BCUT2D eigenvalue weighted by atomic mass is 32.2. The maximum atomic E-state index is 12.7. The summed E-state index contributed by atoms with van der Waals surface area (Å²) >= 11 is 1.48. The van der Waals surface area contributed by atoms with E-state index in [9.17, 15) is 24.3 Å². The van der Waals surface area contributed by atoms with Crippen molar-refractivity contribution in [3.63, 3.8) is 0 Å². The van der Waals surface area contributed by atoms with E-state index >= 15 is 0 Å². The van der Waals surface area contributed by atoms with Crippen LogP contribution in [0.4, 0.5) is 0 Å². The van der Waals surface area contributed by atoms with E-state index in [4.69, 9.17) is 10.8 Å². The fraction of sp³-hybridized carbons (Fsp3) is 0.778. The molecule has 0 heterocycles. The number of rotatable bonds is 13. The van der Waals surface area contributed by atoms with Crippen LogP contribution in [-0.4, -0.2) is 76.2 Å². The standard InChI is InChI=1S/C18H34N4O6S/c1-6-9(2)13(19)16(25)21-12(7-8-29-5)15(24)22-14(11(4)23)17(26)20-10(3)18(27)28/h9-14,23H,6-8,19H2,1-5H3,(H,20,26)(H,21,25)(H,22,24)(H,27,28). The maximum Gasteiger partial charge on any atom is 0.325 e. The van der Waals surface area contributed by atoms with E-state index in [2.05, 4.69) is 16.0 Å². The SMILES string of the molecule is CCC(C)C(N)C(=O)NC(CCSC)C(=O)NC(C(=O)NC(C)C(=O)O)C(C)O. The summed E-state index contributed by atoms with van der Waals surface area (Å²) in [4.78, 5) is 48.3. The predicted octanol–water partition coefficient (Wildman–Crippen LogP) is -0.947. The maximum absolute atomic E-state index is 12.7. The van der Waals surface area contributed by atoms with Crippen molar-refractivity contribution in [2.24, 2.45) is 11.7 Å². The van der Waals surface area contributed by atoms with Crippen molar-refractivity contribution in [2.45, 2.75) is 70.8 Å². The Kier molecular flexibility index (Phi) is 12.5. The van der Waals surface area contributed by atoms with Gasteiger partial charge in [0.05, 0.1) is 12.1 Å². The van der Waals surface area contributed by atoms with Gasteiger partial charge in [0.2, 0.25) is 17.7 Å². The van der Waals surface area contributed by atoms with Gasteiger partial charge in [-0.15, -0.1) is 0 Å². The van der Waals surface area contributed by atoms with Crippen molar-refractivity contribution in [1.29, 1.82) is 0 Å². The van der Waals surface area contributed by atoms with Gasteiger partial charge < -0.3 is 31.9 Å². The number of thioether (sulfide) groups is 1. The fourth-order valence-corrected chi connectivity index (χ4v) is 2.78. The lowest BCUT2D eigenvalue weighted by Crippen LogP contribution is -2.60. The third-order valence-corrected chi connectivity index (χ3v) is 5.24. The normalized spacial score (nSPS) is 17.2. The van der Waals surface area contributed by atoms with Gasteiger partial charge in [0, 0.05) is 0 Å². The molecule has 0 spiro atoms. The molecule has 168 valence electrons. The third kappa shape index (κ3) is 9.46. The molecule has 6 unspecified atom stereocenters. The zero-order valence-electron chi connectivity index (χ0n) is 17.6. The predicted molar refractivity (Wildman–Crippen MR) is 111 cm³/mol. The van der Waals surface area contributed by atoms with Gasteiger partial charge in [-0.05, 0) is 38.2 Å². The van der Waals surface area contributed by atoms with Crippen LogP contribution in [0.25, 0.3) is 0 Å². The molecule has 0 bridgehead atoms. The fourth-order valence-electron chi connectivity index (χ4n) is 2.31. The highest BCUT2D eigenvalue weighted by molar-refractivity contribution is 7.98. The van der Waals surface area contributed by atoms with E-state index in [1.54, 1.807) is 0 Å². The average Bonchev–Trinajstić information content (AvgIpc) is 2.66. The van der Waals surface area contributed by atoms with Crippen LogP contribution in [0.1, 0.15) is 40.5 Å². The molecule has 11 heteroatoms. The second-order valence-electron chi connectivity index (χ2n) is 7.05. The molecule has 0 radical (unpaired) electrons. The number of aliphatic hydroxyl groups is 1. The number of nitrogens with one attached hydrogen (secondary N) is 3. The van der Waals surface area contributed by atoms with Crippen molar-refractivity contribution in [3.8, 4) is 0 Å². The largest absolute Gasteiger partial charge is 0.480 e. The van der Waals surface area contributed by atoms with Crippen molar-refractivity contribution >= 4 is 35.5 Å². The van der Waals surface area contributed by atoms with Crippen LogP contribution in [0.3, 0.4) is 0 Å². The molecule has 0 fully saturated rings. The lowest BCUT2D eigenvalue weighted by Gasteiger charge is -2.26. The molecule has 0 aromatic carbocycles. The number of amides is 3. The van der Waals surface area contributed by atoms with Gasteiger partial charge in [0.25, 0.3) is 0 Å². The summed E-state index contributed by atoms with van der Waals surface area (Å²) in [5.41, 5.74) is 5.92. The summed E-state index contributed by atoms with van der Waals surface area (Å²) in [6, 6.07) is -4.30. The van der Waals surface area contributed by atoms with Crippen LogP contribution in [0.5, 0.6) is 0 Å². The first-order chi connectivity index (χ1) is 13.5. The summed E-state index contributed by atoms with van der Waals surface area (Å²) in [7, 11) is 0. The molecule has 0 saturated carbocycles. The molecule has 0 aliphatic heterocycles. The monoisotopic (exact) mass is 434 g/mol. The number of hydrogen-bond donors (Lipinski definition) is 6. The van der Waals surface area contributed by atoms with Crippen LogP contribution in [-0.2, 0) is 19.2 Å². The van der Waals surface area contributed by atoms with Gasteiger partial charge in [0.1, 0.15) is 18.1 Å². The van der Waals surface area contributed by atoms with Gasteiger partial charge in [-0.3, -0.25) is 19.2 Å². The van der Waals surface area contributed by atoms with E-state index in [0.29, 0.717) is 18.6 Å². The second kappa shape index (κ2) is 13.4. The van der Waals surface area contributed by atoms with Crippen LogP contribution in [0.2, 0.25) is 0 Å². The van der Waals surface area contributed by atoms with Crippen LogP contribution in [0.15, 0.2) is 0 Å². The van der Waals surface area contributed by atoms with E-state index in [1.165, 1.54) is 25.6 Å². The van der Waals surface area contributed by atoms with Crippen molar-refractivity contribution in [1.82, 2.24) is 16.0 Å². The van der Waals surface area contributed by atoms with Gasteiger partial charge in [-0.2, -0.15) is 11.8 Å². The lowest BCUT2D eigenvalue weighted by atomic mass is 9.99. The summed E-state index contributed by atoms with van der Waals surface area (Å²) in [6.07, 6.45) is 1.56. The lowest BCUT2D eigenvalue weighted by molar-refractivity contribution is -0.142. The Morgan fingerprint density at radius 1 is 1.00 bits per heavy atom. The first-order valence-corrected chi connectivity index (χ1v) is 10.9. The molecule has 10 nitrogen and oxygen atoms in total. The zero-order chi connectivity index (χ0) is 22.7. The van der Waals surface area contributed by atoms with E-state index in [0.717, 1.165) is 0 Å². The second-order valence-corrected chi connectivity index (χ2v) is 8.03.